The zero-order valence-corrected chi connectivity index (χ0v) is 13.4. The van der Waals surface area contributed by atoms with E-state index in [1.165, 1.54) is 19.0 Å². The van der Waals surface area contributed by atoms with Gasteiger partial charge in [0.05, 0.1) is 11.2 Å². The van der Waals surface area contributed by atoms with Crippen LogP contribution in [0.2, 0.25) is 5.02 Å². The second kappa shape index (κ2) is 4.72. The first kappa shape index (κ1) is 15.3. The number of rotatable bonds is 3. The Kier molecular flexibility index (Phi) is 3.60. The summed E-state index contributed by atoms with van der Waals surface area (Å²) in [4.78, 5) is 14.0. The first-order valence-corrected chi connectivity index (χ1v) is 8.07. The summed E-state index contributed by atoms with van der Waals surface area (Å²) in [5.41, 5.74) is 0.247. The van der Waals surface area contributed by atoms with Gasteiger partial charge in [-0.25, -0.2) is 12.7 Å². The van der Waals surface area contributed by atoms with Gasteiger partial charge >= 0.3 is 0 Å². The molecule has 110 valence electrons. The van der Waals surface area contributed by atoms with Crippen LogP contribution in [0.3, 0.4) is 0 Å². The van der Waals surface area contributed by atoms with Crippen molar-refractivity contribution in [1.29, 1.82) is 0 Å². The SMILES string of the molecule is CN1C(=O)C(C)(CS(=O)(=O)N(C)C)c2cc(Cl)ccc21. The number of carbonyl (C=O) groups excluding carboxylic acids is 1. The standard InChI is InChI=1S/C13H17ClN2O3S/c1-13(8-20(18,19)15(2)3)10-7-9(14)5-6-11(10)16(4)12(13)17/h5-7H,8H2,1-4H3. The molecule has 5 nitrogen and oxygen atoms in total. The molecule has 0 aromatic heterocycles. The summed E-state index contributed by atoms with van der Waals surface area (Å²) in [6.07, 6.45) is 0. The van der Waals surface area contributed by atoms with Crippen molar-refractivity contribution in [1.82, 2.24) is 4.31 Å². The number of sulfonamides is 1. The topological polar surface area (TPSA) is 57.7 Å². The lowest BCUT2D eigenvalue weighted by Gasteiger charge is -2.25. The van der Waals surface area contributed by atoms with Crippen LogP contribution in [0.1, 0.15) is 12.5 Å². The molecule has 0 saturated carbocycles. The molecular formula is C13H17ClN2O3S. The van der Waals surface area contributed by atoms with Gasteiger partial charge in [-0.2, -0.15) is 0 Å². The molecule has 1 unspecified atom stereocenters. The summed E-state index contributed by atoms with van der Waals surface area (Å²) < 4.78 is 25.5. The van der Waals surface area contributed by atoms with Gasteiger partial charge in [0.2, 0.25) is 15.9 Å². The molecule has 0 saturated heterocycles. The van der Waals surface area contributed by atoms with Gasteiger partial charge in [0.15, 0.2) is 0 Å². The Bertz CT molecular complexity index is 672. The molecule has 1 aromatic rings. The van der Waals surface area contributed by atoms with E-state index in [9.17, 15) is 13.2 Å². The molecule has 0 radical (unpaired) electrons. The van der Waals surface area contributed by atoms with Gasteiger partial charge in [0.1, 0.15) is 0 Å². The zero-order valence-electron chi connectivity index (χ0n) is 11.8. The summed E-state index contributed by atoms with van der Waals surface area (Å²) in [6.45, 7) is 1.65. The fraction of sp³-hybridized carbons (Fsp3) is 0.462. The molecule has 1 amide bonds. The van der Waals surface area contributed by atoms with Crippen LogP contribution in [0, 0.1) is 0 Å². The van der Waals surface area contributed by atoms with Crippen molar-refractivity contribution in [2.24, 2.45) is 0 Å². The number of fused-ring (bicyclic) bond motifs is 1. The average Bonchev–Trinajstić information content (AvgIpc) is 2.51. The van der Waals surface area contributed by atoms with Crippen molar-refractivity contribution in [3.8, 4) is 0 Å². The molecule has 1 aliphatic heterocycles. The highest BCUT2D eigenvalue weighted by Crippen LogP contribution is 2.43. The third-order valence-corrected chi connectivity index (χ3v) is 6.01. The molecule has 0 N–H and O–H groups in total. The minimum absolute atomic E-state index is 0.236. The Labute approximate surface area is 124 Å². The van der Waals surface area contributed by atoms with Gasteiger partial charge in [-0.15, -0.1) is 0 Å². The minimum atomic E-state index is -3.51. The van der Waals surface area contributed by atoms with Crippen LogP contribution in [0.25, 0.3) is 0 Å². The molecule has 1 aliphatic rings. The van der Waals surface area contributed by atoms with Crippen molar-refractivity contribution < 1.29 is 13.2 Å². The van der Waals surface area contributed by atoms with E-state index in [-0.39, 0.29) is 11.7 Å². The summed E-state index contributed by atoms with van der Waals surface area (Å²) in [6, 6.07) is 5.10. The Morgan fingerprint density at radius 1 is 1.35 bits per heavy atom. The monoisotopic (exact) mass is 316 g/mol. The molecule has 7 heteroatoms. The summed E-state index contributed by atoms with van der Waals surface area (Å²) in [5.74, 6) is -0.510. The maximum Gasteiger partial charge on any atom is 0.238 e. The van der Waals surface area contributed by atoms with E-state index in [2.05, 4.69) is 0 Å². The highest BCUT2D eigenvalue weighted by atomic mass is 35.5. The molecule has 0 fully saturated rings. The molecule has 0 spiro atoms. The maximum atomic E-state index is 12.5. The summed E-state index contributed by atoms with van der Waals surface area (Å²) in [5, 5.41) is 0.486. The number of likely N-dealkylation sites (N-methyl/N-ethyl adjacent to an activating group) is 1. The molecule has 2 rings (SSSR count). The van der Waals surface area contributed by atoms with E-state index in [1.807, 2.05) is 0 Å². The summed E-state index contributed by atoms with van der Waals surface area (Å²) >= 11 is 5.99. The van der Waals surface area contributed by atoms with Crippen LogP contribution in [-0.2, 0) is 20.2 Å². The molecule has 1 heterocycles. The maximum absolute atomic E-state index is 12.5. The Morgan fingerprint density at radius 3 is 2.50 bits per heavy atom. The van der Waals surface area contributed by atoms with E-state index in [4.69, 9.17) is 11.6 Å². The van der Waals surface area contributed by atoms with Crippen LogP contribution >= 0.6 is 11.6 Å². The Hall–Kier alpha value is -1.11. The Balaban J connectivity index is 2.58. The number of anilines is 1. The lowest BCUT2D eigenvalue weighted by molar-refractivity contribution is -0.121. The van der Waals surface area contributed by atoms with Gasteiger partial charge in [-0.05, 0) is 30.7 Å². The lowest BCUT2D eigenvalue weighted by Crippen LogP contribution is -2.44. The Morgan fingerprint density at radius 2 is 1.95 bits per heavy atom. The highest BCUT2D eigenvalue weighted by Gasteiger charge is 2.49. The molecule has 1 aromatic carbocycles. The normalized spacial score (nSPS) is 22.5. The van der Waals surface area contributed by atoms with Crippen LogP contribution in [-0.4, -0.2) is 45.5 Å². The van der Waals surface area contributed by atoms with Crippen molar-refractivity contribution in [3.63, 3.8) is 0 Å². The first-order valence-electron chi connectivity index (χ1n) is 6.08. The smallest absolute Gasteiger partial charge is 0.238 e. The number of hydrogen-bond donors (Lipinski definition) is 0. The molecule has 0 aliphatic carbocycles. The van der Waals surface area contributed by atoms with E-state index in [1.54, 1.807) is 32.2 Å². The largest absolute Gasteiger partial charge is 0.314 e. The molecular weight excluding hydrogens is 300 g/mol. The lowest BCUT2D eigenvalue weighted by atomic mass is 9.86. The number of amides is 1. The number of benzene rings is 1. The number of carbonyl (C=O) groups is 1. The molecule has 20 heavy (non-hydrogen) atoms. The number of hydrogen-bond acceptors (Lipinski definition) is 3. The van der Waals surface area contributed by atoms with Gasteiger partial charge in [0, 0.05) is 31.9 Å². The second-order valence-electron chi connectivity index (χ2n) is 5.40. The van der Waals surface area contributed by atoms with Gasteiger partial charge < -0.3 is 4.90 Å². The molecule has 1 atom stereocenters. The summed E-state index contributed by atoms with van der Waals surface area (Å²) in [7, 11) is 1.05. The minimum Gasteiger partial charge on any atom is -0.314 e. The zero-order chi connectivity index (χ0) is 15.3. The van der Waals surface area contributed by atoms with E-state index in [0.29, 0.717) is 16.3 Å². The number of halogens is 1. The van der Waals surface area contributed by atoms with Crippen LogP contribution in [0.4, 0.5) is 5.69 Å². The van der Waals surface area contributed by atoms with Crippen LogP contribution in [0.5, 0.6) is 0 Å². The quantitative estimate of drug-likeness (QED) is 0.848. The van der Waals surface area contributed by atoms with Crippen LogP contribution in [0.15, 0.2) is 18.2 Å². The molecule has 0 bridgehead atoms. The number of nitrogens with zero attached hydrogens (tertiary/aromatic N) is 2. The van der Waals surface area contributed by atoms with Gasteiger partial charge in [-0.3, -0.25) is 4.79 Å². The third kappa shape index (κ3) is 2.21. The third-order valence-electron chi connectivity index (χ3n) is 3.72. The van der Waals surface area contributed by atoms with Crippen molar-refractivity contribution in [3.05, 3.63) is 28.8 Å². The van der Waals surface area contributed by atoms with Crippen LogP contribution < -0.4 is 4.90 Å². The van der Waals surface area contributed by atoms with E-state index >= 15 is 0 Å². The van der Waals surface area contributed by atoms with Crippen molar-refractivity contribution in [2.45, 2.75) is 12.3 Å². The van der Waals surface area contributed by atoms with Crippen molar-refractivity contribution >= 4 is 33.2 Å². The second-order valence-corrected chi connectivity index (χ2v) is 8.02. The first-order chi connectivity index (χ1) is 9.09. The van der Waals surface area contributed by atoms with Gasteiger partial charge in [-0.1, -0.05) is 11.6 Å². The fourth-order valence-corrected chi connectivity index (χ4v) is 3.91. The van der Waals surface area contributed by atoms with Crippen molar-refractivity contribution in [2.75, 3.05) is 31.8 Å². The average molecular weight is 317 g/mol. The predicted octanol–water partition coefficient (Wildman–Crippen LogP) is 1.47. The fourth-order valence-electron chi connectivity index (χ4n) is 2.47. The predicted molar refractivity (Wildman–Crippen MR) is 79.7 cm³/mol. The van der Waals surface area contributed by atoms with Gasteiger partial charge in [0.25, 0.3) is 0 Å². The highest BCUT2D eigenvalue weighted by molar-refractivity contribution is 7.89. The van der Waals surface area contributed by atoms with E-state index < -0.39 is 15.4 Å². The van der Waals surface area contributed by atoms with E-state index in [0.717, 1.165) is 4.31 Å².